The highest BCUT2D eigenvalue weighted by Crippen LogP contribution is 2.68. The molecule has 0 aliphatic heterocycles. The monoisotopic (exact) mass is 700 g/mol. The first-order valence-corrected chi connectivity index (χ1v) is 17.8. The van der Waals surface area contributed by atoms with Gasteiger partial charge in [-0.2, -0.15) is 0 Å². The van der Waals surface area contributed by atoms with E-state index in [0.717, 1.165) is 0 Å². The third-order valence-corrected chi connectivity index (χ3v) is 13.4. The Bertz CT molecular complexity index is 1520. The zero-order valence-electron chi connectivity index (χ0n) is 30.6. The Morgan fingerprint density at radius 3 is 2.26 bits per heavy atom. The van der Waals surface area contributed by atoms with Crippen molar-refractivity contribution in [3.63, 3.8) is 0 Å². The molecule has 0 heterocycles. The zero-order chi connectivity index (χ0) is 37.2. The van der Waals surface area contributed by atoms with Crippen molar-refractivity contribution in [1.82, 2.24) is 0 Å². The Balaban J connectivity index is 1.36. The Morgan fingerprint density at radius 2 is 1.68 bits per heavy atom. The number of fused-ring (bicyclic) bond motifs is 5. The summed E-state index contributed by atoms with van der Waals surface area (Å²) in [5, 5.41) is 67.6. The van der Waals surface area contributed by atoms with Crippen LogP contribution in [0.15, 0.2) is 29.9 Å². The van der Waals surface area contributed by atoms with Crippen molar-refractivity contribution >= 4 is 17.8 Å². The second-order valence-electron chi connectivity index (χ2n) is 16.6. The van der Waals surface area contributed by atoms with Gasteiger partial charge >= 0.3 is 5.97 Å². The number of ether oxygens (including phenoxy) is 3. The van der Waals surface area contributed by atoms with E-state index in [9.17, 15) is 40.2 Å². The molecule has 0 aromatic heterocycles. The van der Waals surface area contributed by atoms with Crippen molar-refractivity contribution in [2.24, 2.45) is 34.5 Å². The maximum absolute atomic E-state index is 13.8. The van der Waals surface area contributed by atoms with Crippen LogP contribution in [0, 0.1) is 34.5 Å². The van der Waals surface area contributed by atoms with E-state index in [1.807, 2.05) is 20.8 Å². The van der Waals surface area contributed by atoms with Crippen molar-refractivity contribution < 1.29 is 54.4 Å². The van der Waals surface area contributed by atoms with Crippen LogP contribution < -0.4 is 9.47 Å². The van der Waals surface area contributed by atoms with Crippen molar-refractivity contribution in [2.75, 3.05) is 14.2 Å². The Kier molecular flexibility index (Phi) is 10.1. The van der Waals surface area contributed by atoms with Gasteiger partial charge < -0.3 is 44.8 Å². The number of aromatic hydroxyl groups is 1. The van der Waals surface area contributed by atoms with Gasteiger partial charge in [-0.25, -0.2) is 4.79 Å². The number of allylic oxidation sites excluding steroid dienone is 1. The highest BCUT2D eigenvalue weighted by molar-refractivity contribution is 5.95. The van der Waals surface area contributed by atoms with Crippen LogP contribution in [0.25, 0.3) is 6.08 Å². The van der Waals surface area contributed by atoms with Crippen LogP contribution >= 0.6 is 0 Å². The van der Waals surface area contributed by atoms with Crippen molar-refractivity contribution in [2.45, 2.75) is 122 Å². The lowest BCUT2D eigenvalue weighted by molar-refractivity contribution is -0.183. The highest BCUT2D eigenvalue weighted by Gasteiger charge is 2.69. The number of esters is 1. The maximum Gasteiger partial charge on any atom is 0.331 e. The van der Waals surface area contributed by atoms with Crippen LogP contribution in [0.1, 0.15) is 92.1 Å². The molecule has 1 aromatic rings. The van der Waals surface area contributed by atoms with Crippen molar-refractivity contribution in [3.05, 3.63) is 35.4 Å². The minimum Gasteiger partial charge on any atom is -0.502 e. The van der Waals surface area contributed by atoms with Gasteiger partial charge in [-0.3, -0.25) is 4.79 Å². The number of hydrogen-bond acceptors (Lipinski definition) is 11. The van der Waals surface area contributed by atoms with Crippen LogP contribution in [0.3, 0.4) is 0 Å². The summed E-state index contributed by atoms with van der Waals surface area (Å²) in [5.41, 5.74) is -4.42. The molecule has 5 rings (SSSR count). The van der Waals surface area contributed by atoms with Gasteiger partial charge in [-0.05, 0) is 124 Å². The fourth-order valence-electron chi connectivity index (χ4n) is 9.86. The van der Waals surface area contributed by atoms with Gasteiger partial charge in [0.1, 0.15) is 6.10 Å². The third kappa shape index (κ3) is 6.27. The Morgan fingerprint density at radius 1 is 1.06 bits per heavy atom. The van der Waals surface area contributed by atoms with E-state index in [0.29, 0.717) is 36.8 Å². The normalized spacial score (nSPS) is 36.4. The summed E-state index contributed by atoms with van der Waals surface area (Å²) in [6.07, 6.45) is 3.59. The SMILES string of the molecule is COc1cc(/C=C/C(=O)O[C@H]2C[C@@]3(C)[C@@H](C[C@H]2O)C(=O)C=C2[C@@H]3CC[C@]3(C)[C@@H]([C@@](C)(O)[C@H](O)C[C@@H](C)C(C)(C)O)CC[C@@]23O)cc(OC)c1O. The van der Waals surface area contributed by atoms with E-state index in [1.54, 1.807) is 26.8 Å². The molecule has 3 fully saturated rings. The van der Waals surface area contributed by atoms with Gasteiger partial charge in [0.15, 0.2) is 17.3 Å². The smallest absolute Gasteiger partial charge is 0.331 e. The van der Waals surface area contributed by atoms with Crippen LogP contribution in [-0.2, 0) is 14.3 Å². The largest absolute Gasteiger partial charge is 0.502 e. The number of ketones is 1. The molecule has 3 saturated carbocycles. The number of phenols is 1. The lowest BCUT2D eigenvalue weighted by Crippen LogP contribution is -2.63. The standard InChI is InChI=1S/C39H56O11/c1-21(35(2,3)45)15-32(42)38(6,46)31-12-14-39(47)24-18-26(40)25-19-27(41)30(20-36(25,4)23(24)11-13-37(31,39)5)50-33(43)10-9-22-16-28(48-7)34(44)29(17-22)49-8/h9-10,16-18,21,23,25,27,30-32,41-42,44-47H,11-15,19-20H2,1-8H3/b10-9+/t21-,23+,25+,27-,30+,31+,32-,36-,37-,38-,39-/m1/s1. The first-order chi connectivity index (χ1) is 23.1. The second-order valence-corrected chi connectivity index (χ2v) is 16.6. The number of carbonyl (C=O) groups excluding carboxylic acids is 2. The predicted octanol–water partition coefficient (Wildman–Crippen LogP) is 4.09. The molecule has 11 atom stereocenters. The molecule has 278 valence electrons. The molecule has 11 nitrogen and oxygen atoms in total. The highest BCUT2D eigenvalue weighted by atomic mass is 16.6. The number of rotatable bonds is 10. The number of aliphatic hydroxyl groups excluding tert-OH is 2. The third-order valence-electron chi connectivity index (χ3n) is 13.4. The molecule has 50 heavy (non-hydrogen) atoms. The molecule has 0 radical (unpaired) electrons. The predicted molar refractivity (Wildman–Crippen MR) is 185 cm³/mol. The average Bonchev–Trinajstić information content (AvgIpc) is 3.33. The molecular formula is C39H56O11. The lowest BCUT2D eigenvalue weighted by Gasteiger charge is -2.61. The summed E-state index contributed by atoms with van der Waals surface area (Å²) in [4.78, 5) is 26.9. The zero-order valence-corrected chi connectivity index (χ0v) is 30.6. The molecule has 0 spiro atoms. The summed E-state index contributed by atoms with van der Waals surface area (Å²) in [6, 6.07) is 3.07. The summed E-state index contributed by atoms with van der Waals surface area (Å²) in [7, 11) is 2.80. The average molecular weight is 701 g/mol. The molecule has 0 unspecified atom stereocenters. The minimum atomic E-state index is -1.56. The van der Waals surface area contributed by atoms with E-state index in [-0.39, 0.29) is 54.1 Å². The van der Waals surface area contributed by atoms with Crippen molar-refractivity contribution in [1.29, 1.82) is 0 Å². The van der Waals surface area contributed by atoms with Gasteiger partial charge in [0.05, 0.1) is 43.2 Å². The van der Waals surface area contributed by atoms with Crippen LogP contribution in [0.2, 0.25) is 0 Å². The van der Waals surface area contributed by atoms with E-state index in [4.69, 9.17) is 14.2 Å². The molecule has 0 saturated heterocycles. The first kappa shape index (κ1) is 38.3. The lowest BCUT2D eigenvalue weighted by atomic mass is 9.45. The summed E-state index contributed by atoms with van der Waals surface area (Å²) < 4.78 is 16.2. The quantitative estimate of drug-likeness (QED) is 0.153. The summed E-state index contributed by atoms with van der Waals surface area (Å²) in [6.45, 7) is 10.7. The molecule has 6 N–H and O–H groups in total. The number of hydrogen-bond donors (Lipinski definition) is 6. The van der Waals surface area contributed by atoms with Gasteiger partial charge in [0, 0.05) is 17.4 Å². The van der Waals surface area contributed by atoms with Crippen LogP contribution in [0.5, 0.6) is 17.2 Å². The van der Waals surface area contributed by atoms with Gasteiger partial charge in [0.25, 0.3) is 0 Å². The van der Waals surface area contributed by atoms with Crippen LogP contribution in [-0.4, -0.2) is 91.7 Å². The van der Waals surface area contributed by atoms with E-state index in [2.05, 4.69) is 0 Å². The maximum atomic E-state index is 13.8. The first-order valence-electron chi connectivity index (χ1n) is 17.8. The molecule has 0 amide bonds. The van der Waals surface area contributed by atoms with E-state index < -0.39 is 63.8 Å². The van der Waals surface area contributed by atoms with E-state index >= 15 is 0 Å². The Hall–Kier alpha value is -2.96. The molecular weight excluding hydrogens is 644 g/mol. The molecule has 4 aliphatic carbocycles. The number of phenolic OH excluding ortho intramolecular Hbond substituents is 1. The van der Waals surface area contributed by atoms with Crippen LogP contribution in [0.4, 0.5) is 0 Å². The number of methoxy groups -OCH3 is 2. The minimum absolute atomic E-state index is 0.113. The molecule has 11 heteroatoms. The number of aliphatic hydroxyl groups is 5. The molecule has 4 aliphatic rings. The molecule has 0 bridgehead atoms. The fraction of sp³-hybridized carbons (Fsp3) is 0.692. The van der Waals surface area contributed by atoms with Gasteiger partial charge in [-0.1, -0.05) is 20.8 Å². The fourth-order valence-corrected chi connectivity index (χ4v) is 9.86. The summed E-state index contributed by atoms with van der Waals surface area (Å²) in [5.74, 6) is -2.21. The van der Waals surface area contributed by atoms with Gasteiger partial charge in [-0.15, -0.1) is 0 Å². The molecule has 1 aromatic carbocycles. The number of carbonyl (C=O) groups is 2. The van der Waals surface area contributed by atoms with E-state index in [1.165, 1.54) is 38.5 Å². The Labute approximate surface area is 295 Å². The van der Waals surface area contributed by atoms with Crippen molar-refractivity contribution in [3.8, 4) is 17.2 Å². The second kappa shape index (κ2) is 13.2. The van der Waals surface area contributed by atoms with Gasteiger partial charge in [0.2, 0.25) is 5.75 Å². The topological polar surface area (TPSA) is 183 Å². The summed E-state index contributed by atoms with van der Waals surface area (Å²) >= 11 is 0. The number of benzene rings is 1.